The lowest BCUT2D eigenvalue weighted by Gasteiger charge is -2.22. The number of aromatic nitrogens is 3. The fourth-order valence-electron chi connectivity index (χ4n) is 3.20. The number of rotatable bonds is 5. The summed E-state index contributed by atoms with van der Waals surface area (Å²) in [5.41, 5.74) is 2.70. The number of hydrogen-bond donors (Lipinski definition) is 2. The minimum atomic E-state index is -0.192. The van der Waals surface area contributed by atoms with Crippen LogP contribution in [0.1, 0.15) is 33.9 Å². The van der Waals surface area contributed by atoms with Gasteiger partial charge in [-0.3, -0.25) is 9.59 Å². The van der Waals surface area contributed by atoms with Crippen LogP contribution in [0.4, 0.5) is 5.82 Å². The van der Waals surface area contributed by atoms with E-state index in [1.54, 1.807) is 26.4 Å². The molecule has 2 aromatic rings. The Hall–Kier alpha value is -2.74. The summed E-state index contributed by atoms with van der Waals surface area (Å²) in [6, 6.07) is 3.81. The highest BCUT2D eigenvalue weighted by atomic mass is 16.2. The molecule has 8 nitrogen and oxygen atoms in total. The Morgan fingerprint density at radius 1 is 1.37 bits per heavy atom. The summed E-state index contributed by atoms with van der Waals surface area (Å²) in [5.74, 6) is 0.869. The number of carbonyl (C=O) groups is 1. The van der Waals surface area contributed by atoms with E-state index in [0.29, 0.717) is 12.6 Å². The van der Waals surface area contributed by atoms with Crippen LogP contribution in [-0.4, -0.2) is 59.0 Å². The van der Waals surface area contributed by atoms with Gasteiger partial charge in [-0.1, -0.05) is 0 Å². The summed E-state index contributed by atoms with van der Waals surface area (Å²) in [5, 5.41) is 3.50. The Labute approximate surface area is 158 Å². The molecule has 1 saturated heterocycles. The third-order valence-electron chi connectivity index (χ3n) is 4.88. The van der Waals surface area contributed by atoms with Gasteiger partial charge >= 0.3 is 0 Å². The number of amides is 1. The van der Waals surface area contributed by atoms with Gasteiger partial charge < -0.3 is 20.1 Å². The number of carbonyl (C=O) groups excluding carboxylic acids is 1. The zero-order valence-electron chi connectivity index (χ0n) is 16.2. The predicted octanol–water partition coefficient (Wildman–Crippen LogP) is 0.852. The van der Waals surface area contributed by atoms with Gasteiger partial charge in [0.15, 0.2) is 0 Å². The van der Waals surface area contributed by atoms with Gasteiger partial charge in [0.25, 0.3) is 5.91 Å². The molecular formula is C19H26N6O2. The Morgan fingerprint density at radius 2 is 2.15 bits per heavy atom. The maximum Gasteiger partial charge on any atom is 0.291 e. The average molecular weight is 370 g/mol. The number of aromatic amines is 1. The Kier molecular flexibility index (Phi) is 5.55. The summed E-state index contributed by atoms with van der Waals surface area (Å²) in [6.45, 7) is 6.21. The Balaban J connectivity index is 1.71. The highest BCUT2D eigenvalue weighted by Gasteiger charge is 2.26. The smallest absolute Gasteiger partial charge is 0.291 e. The molecule has 144 valence electrons. The molecule has 0 aromatic carbocycles. The molecule has 1 fully saturated rings. The zero-order chi connectivity index (χ0) is 19.6. The standard InChI is InChI=1S/C19H26N6O2/c1-12-13(2)22-17(19(27)24(3)4)23-18(12)25-8-6-15(11-25)21-10-14-5-7-20-16(26)9-14/h5,7,9,15,21H,6,8,10-11H2,1-4H3,(H,20,26)/t15-/m1/s1. The van der Waals surface area contributed by atoms with Crippen molar-refractivity contribution in [3.8, 4) is 0 Å². The van der Waals surface area contributed by atoms with E-state index in [2.05, 4.69) is 25.2 Å². The molecule has 1 aliphatic rings. The molecule has 0 saturated carbocycles. The summed E-state index contributed by atoms with van der Waals surface area (Å²) in [7, 11) is 3.40. The quantitative estimate of drug-likeness (QED) is 0.810. The average Bonchev–Trinajstić information content (AvgIpc) is 3.10. The van der Waals surface area contributed by atoms with E-state index in [1.165, 1.54) is 4.90 Å². The molecule has 3 rings (SSSR count). The van der Waals surface area contributed by atoms with Gasteiger partial charge in [-0.2, -0.15) is 0 Å². The van der Waals surface area contributed by atoms with E-state index in [9.17, 15) is 9.59 Å². The van der Waals surface area contributed by atoms with E-state index >= 15 is 0 Å². The number of nitrogens with zero attached hydrogens (tertiary/aromatic N) is 4. The summed E-state index contributed by atoms with van der Waals surface area (Å²) >= 11 is 0. The Bertz CT molecular complexity index is 892. The zero-order valence-corrected chi connectivity index (χ0v) is 16.2. The van der Waals surface area contributed by atoms with Crippen molar-refractivity contribution in [2.45, 2.75) is 32.9 Å². The van der Waals surface area contributed by atoms with Crippen LogP contribution < -0.4 is 15.8 Å². The van der Waals surface area contributed by atoms with Crippen LogP contribution in [0, 0.1) is 13.8 Å². The first kappa shape index (κ1) is 19.0. The van der Waals surface area contributed by atoms with E-state index in [1.807, 2.05) is 19.9 Å². The van der Waals surface area contributed by atoms with E-state index in [-0.39, 0.29) is 17.3 Å². The molecule has 8 heteroatoms. The van der Waals surface area contributed by atoms with E-state index < -0.39 is 0 Å². The molecule has 0 spiro atoms. The number of H-pyrrole nitrogens is 1. The van der Waals surface area contributed by atoms with Crippen LogP contribution in [0.3, 0.4) is 0 Å². The molecule has 1 aliphatic heterocycles. The van der Waals surface area contributed by atoms with Crippen LogP contribution in [0.2, 0.25) is 0 Å². The highest BCUT2D eigenvalue weighted by molar-refractivity contribution is 5.90. The predicted molar refractivity (Wildman–Crippen MR) is 104 cm³/mol. The van der Waals surface area contributed by atoms with Gasteiger partial charge in [0.2, 0.25) is 11.4 Å². The first-order valence-electron chi connectivity index (χ1n) is 9.08. The second kappa shape index (κ2) is 7.87. The molecule has 2 N–H and O–H groups in total. The third-order valence-corrected chi connectivity index (χ3v) is 4.88. The maximum absolute atomic E-state index is 12.3. The third kappa shape index (κ3) is 4.33. The van der Waals surface area contributed by atoms with Gasteiger partial charge in [0.1, 0.15) is 5.82 Å². The molecule has 0 aliphatic carbocycles. The number of aryl methyl sites for hydroxylation is 1. The van der Waals surface area contributed by atoms with Crippen molar-refractivity contribution in [1.29, 1.82) is 0 Å². The summed E-state index contributed by atoms with van der Waals surface area (Å²) in [6.07, 6.45) is 2.64. The van der Waals surface area contributed by atoms with Crippen molar-refractivity contribution in [2.24, 2.45) is 0 Å². The maximum atomic E-state index is 12.3. The lowest BCUT2D eigenvalue weighted by molar-refractivity contribution is 0.0815. The normalized spacial score (nSPS) is 16.6. The van der Waals surface area contributed by atoms with Crippen LogP contribution in [-0.2, 0) is 6.54 Å². The molecule has 0 unspecified atom stereocenters. The van der Waals surface area contributed by atoms with E-state index in [0.717, 1.165) is 42.1 Å². The molecule has 0 radical (unpaired) electrons. The summed E-state index contributed by atoms with van der Waals surface area (Å²) in [4.78, 5) is 38.9. The van der Waals surface area contributed by atoms with Crippen molar-refractivity contribution in [3.63, 3.8) is 0 Å². The SMILES string of the molecule is Cc1nc(C(=O)N(C)C)nc(N2CC[C@@H](NCc3cc[nH]c(=O)c3)C2)c1C. The van der Waals surface area contributed by atoms with Gasteiger partial charge in [-0.15, -0.1) is 0 Å². The lowest BCUT2D eigenvalue weighted by atomic mass is 10.2. The van der Waals surface area contributed by atoms with Crippen molar-refractivity contribution in [1.82, 2.24) is 25.2 Å². The fourth-order valence-corrected chi connectivity index (χ4v) is 3.20. The molecule has 2 aromatic heterocycles. The van der Waals surface area contributed by atoms with Crippen LogP contribution in [0.15, 0.2) is 23.1 Å². The first-order valence-corrected chi connectivity index (χ1v) is 9.08. The monoisotopic (exact) mass is 370 g/mol. The summed E-state index contributed by atoms with van der Waals surface area (Å²) < 4.78 is 0. The van der Waals surface area contributed by atoms with Gasteiger partial charge in [0, 0.05) is 63.3 Å². The van der Waals surface area contributed by atoms with Gasteiger partial charge in [-0.05, 0) is 31.9 Å². The van der Waals surface area contributed by atoms with Crippen molar-refractivity contribution in [3.05, 3.63) is 51.3 Å². The molecule has 27 heavy (non-hydrogen) atoms. The van der Waals surface area contributed by atoms with Crippen molar-refractivity contribution >= 4 is 11.7 Å². The highest BCUT2D eigenvalue weighted by Crippen LogP contribution is 2.24. The second-order valence-electron chi connectivity index (χ2n) is 7.15. The van der Waals surface area contributed by atoms with Gasteiger partial charge in [-0.25, -0.2) is 9.97 Å². The topological polar surface area (TPSA) is 94.2 Å². The first-order chi connectivity index (χ1) is 12.8. The molecule has 0 bridgehead atoms. The Morgan fingerprint density at radius 3 is 2.85 bits per heavy atom. The van der Waals surface area contributed by atoms with Crippen molar-refractivity contribution in [2.75, 3.05) is 32.1 Å². The van der Waals surface area contributed by atoms with Crippen LogP contribution in [0.5, 0.6) is 0 Å². The molecule has 3 heterocycles. The number of hydrogen-bond acceptors (Lipinski definition) is 6. The lowest BCUT2D eigenvalue weighted by Crippen LogP contribution is -2.33. The minimum Gasteiger partial charge on any atom is -0.355 e. The van der Waals surface area contributed by atoms with Crippen molar-refractivity contribution < 1.29 is 4.79 Å². The number of nitrogens with one attached hydrogen (secondary N) is 2. The van der Waals surface area contributed by atoms with Crippen LogP contribution >= 0.6 is 0 Å². The molecular weight excluding hydrogens is 344 g/mol. The van der Waals surface area contributed by atoms with Crippen LogP contribution in [0.25, 0.3) is 0 Å². The number of pyridine rings is 1. The number of anilines is 1. The largest absolute Gasteiger partial charge is 0.355 e. The van der Waals surface area contributed by atoms with E-state index in [4.69, 9.17) is 0 Å². The minimum absolute atomic E-state index is 0.0903. The second-order valence-corrected chi connectivity index (χ2v) is 7.15. The van der Waals surface area contributed by atoms with Gasteiger partial charge in [0.05, 0.1) is 0 Å². The molecule has 1 atom stereocenters. The fraction of sp³-hybridized carbons (Fsp3) is 0.474. The molecule has 1 amide bonds.